The first-order valence-corrected chi connectivity index (χ1v) is 5.02. The molecule has 12 heavy (non-hydrogen) atoms. The Bertz CT molecular complexity index is 102. The van der Waals surface area contributed by atoms with Gasteiger partial charge in [0.25, 0.3) is 0 Å². The number of nitrogens with one attached hydrogen (secondary N) is 1. The predicted molar refractivity (Wildman–Crippen MR) is 53.2 cm³/mol. The van der Waals surface area contributed by atoms with Gasteiger partial charge in [-0.05, 0) is 19.3 Å². The van der Waals surface area contributed by atoms with E-state index in [-0.39, 0.29) is 12.6 Å². The van der Waals surface area contributed by atoms with Gasteiger partial charge in [-0.3, -0.25) is 0 Å². The van der Waals surface area contributed by atoms with Crippen molar-refractivity contribution in [1.82, 2.24) is 5.32 Å². The van der Waals surface area contributed by atoms with Crippen LogP contribution in [-0.4, -0.2) is 23.8 Å². The summed E-state index contributed by atoms with van der Waals surface area (Å²) in [6.07, 6.45) is 2.19. The Labute approximate surface area is 76.4 Å². The van der Waals surface area contributed by atoms with Gasteiger partial charge in [0, 0.05) is 12.1 Å². The molecule has 0 aromatic heterocycles. The molecule has 0 radical (unpaired) electrons. The molecule has 0 amide bonds. The Balaban J connectivity index is 3.72. The van der Waals surface area contributed by atoms with Crippen LogP contribution in [0.4, 0.5) is 0 Å². The second-order valence-electron chi connectivity index (χ2n) is 3.63. The third kappa shape index (κ3) is 4.07. The summed E-state index contributed by atoms with van der Waals surface area (Å²) in [6.45, 7) is 8.96. The first kappa shape index (κ1) is 11.9. The van der Waals surface area contributed by atoms with Gasteiger partial charge in [-0.1, -0.05) is 27.2 Å². The summed E-state index contributed by atoms with van der Waals surface area (Å²) in [6, 6.07) is 0.779. The molecule has 2 N–H and O–H groups in total. The van der Waals surface area contributed by atoms with Crippen molar-refractivity contribution in [3.8, 4) is 0 Å². The van der Waals surface area contributed by atoms with Gasteiger partial charge >= 0.3 is 0 Å². The molecule has 0 unspecified atom stereocenters. The number of aliphatic hydroxyl groups excluding tert-OH is 1. The first-order valence-electron chi connectivity index (χ1n) is 5.02. The fourth-order valence-electron chi connectivity index (χ4n) is 1.19. The molecule has 74 valence electrons. The fraction of sp³-hybridized carbons (Fsp3) is 1.00. The molecule has 0 spiro atoms. The van der Waals surface area contributed by atoms with Crippen LogP contribution in [0.25, 0.3) is 0 Å². The summed E-state index contributed by atoms with van der Waals surface area (Å²) in [5.74, 6) is 0.686. The standard InChI is InChI=1S/C10H23NO/c1-5-8(3)9(4)11-10(6-2)7-12/h8-12H,5-7H2,1-4H3/t8-,9-,10+/m1/s1. The molecule has 0 rings (SSSR count). The maximum absolute atomic E-state index is 8.97. The highest BCUT2D eigenvalue weighted by Crippen LogP contribution is 2.07. The average molecular weight is 173 g/mol. The van der Waals surface area contributed by atoms with E-state index in [1.807, 2.05) is 0 Å². The van der Waals surface area contributed by atoms with Crippen LogP contribution in [0.15, 0.2) is 0 Å². The van der Waals surface area contributed by atoms with Crippen molar-refractivity contribution in [2.24, 2.45) is 5.92 Å². The first-order chi connectivity index (χ1) is 5.65. The maximum atomic E-state index is 8.97. The zero-order valence-electron chi connectivity index (χ0n) is 8.80. The number of aliphatic hydroxyl groups is 1. The second-order valence-corrected chi connectivity index (χ2v) is 3.63. The maximum Gasteiger partial charge on any atom is 0.0584 e. The van der Waals surface area contributed by atoms with Gasteiger partial charge in [0.2, 0.25) is 0 Å². The molecule has 0 aliphatic carbocycles. The van der Waals surface area contributed by atoms with Crippen molar-refractivity contribution in [2.45, 2.75) is 52.6 Å². The quantitative estimate of drug-likeness (QED) is 0.641. The lowest BCUT2D eigenvalue weighted by molar-refractivity contribution is 0.216. The van der Waals surface area contributed by atoms with Crippen LogP contribution in [0.3, 0.4) is 0 Å². The van der Waals surface area contributed by atoms with Gasteiger partial charge in [-0.25, -0.2) is 0 Å². The van der Waals surface area contributed by atoms with Crippen LogP contribution in [0.1, 0.15) is 40.5 Å². The van der Waals surface area contributed by atoms with Crippen molar-refractivity contribution < 1.29 is 5.11 Å². The lowest BCUT2D eigenvalue weighted by Gasteiger charge is -2.24. The molecule has 3 atom stereocenters. The Morgan fingerprint density at radius 1 is 1.17 bits per heavy atom. The molecule has 0 heterocycles. The lowest BCUT2D eigenvalue weighted by Crippen LogP contribution is -2.41. The molecule has 0 aromatic rings. The zero-order chi connectivity index (χ0) is 9.56. The van der Waals surface area contributed by atoms with Crippen molar-refractivity contribution in [1.29, 1.82) is 0 Å². The third-order valence-electron chi connectivity index (χ3n) is 2.71. The second kappa shape index (κ2) is 6.44. The zero-order valence-corrected chi connectivity index (χ0v) is 8.80. The van der Waals surface area contributed by atoms with Gasteiger partial charge in [0.15, 0.2) is 0 Å². The molecular formula is C10H23NO. The Morgan fingerprint density at radius 3 is 2.08 bits per heavy atom. The van der Waals surface area contributed by atoms with E-state index >= 15 is 0 Å². The van der Waals surface area contributed by atoms with Gasteiger partial charge < -0.3 is 10.4 Å². The highest BCUT2D eigenvalue weighted by atomic mass is 16.3. The van der Waals surface area contributed by atoms with E-state index in [1.165, 1.54) is 6.42 Å². The predicted octanol–water partition coefficient (Wildman–Crippen LogP) is 1.78. The van der Waals surface area contributed by atoms with Crippen LogP contribution in [0.2, 0.25) is 0 Å². The number of rotatable bonds is 6. The van der Waals surface area contributed by atoms with E-state index in [2.05, 4.69) is 33.0 Å². The summed E-state index contributed by atoms with van der Waals surface area (Å²) in [5.41, 5.74) is 0. The van der Waals surface area contributed by atoms with Gasteiger partial charge in [0.05, 0.1) is 6.61 Å². The van der Waals surface area contributed by atoms with Crippen LogP contribution in [-0.2, 0) is 0 Å². The van der Waals surface area contributed by atoms with Crippen molar-refractivity contribution in [3.05, 3.63) is 0 Å². The summed E-state index contributed by atoms with van der Waals surface area (Å²) in [4.78, 5) is 0. The monoisotopic (exact) mass is 173 g/mol. The van der Waals surface area contributed by atoms with Crippen LogP contribution < -0.4 is 5.32 Å². The minimum atomic E-state index is 0.247. The normalized spacial score (nSPS) is 18.8. The highest BCUT2D eigenvalue weighted by Gasteiger charge is 2.13. The van der Waals surface area contributed by atoms with Crippen molar-refractivity contribution in [2.75, 3.05) is 6.61 Å². The smallest absolute Gasteiger partial charge is 0.0584 e. The number of hydrogen-bond donors (Lipinski definition) is 2. The minimum Gasteiger partial charge on any atom is -0.395 e. The van der Waals surface area contributed by atoms with Gasteiger partial charge in [0.1, 0.15) is 0 Å². The molecule has 2 nitrogen and oxygen atoms in total. The van der Waals surface area contributed by atoms with E-state index < -0.39 is 0 Å². The molecule has 0 aliphatic heterocycles. The van der Waals surface area contributed by atoms with E-state index in [0.29, 0.717) is 12.0 Å². The summed E-state index contributed by atoms with van der Waals surface area (Å²) in [7, 11) is 0. The Morgan fingerprint density at radius 2 is 1.75 bits per heavy atom. The van der Waals surface area contributed by atoms with Gasteiger partial charge in [-0.15, -0.1) is 0 Å². The summed E-state index contributed by atoms with van der Waals surface area (Å²) >= 11 is 0. The number of hydrogen-bond acceptors (Lipinski definition) is 2. The van der Waals surface area contributed by atoms with E-state index in [1.54, 1.807) is 0 Å². The molecule has 0 saturated heterocycles. The Kier molecular flexibility index (Phi) is 6.39. The van der Waals surface area contributed by atoms with Crippen LogP contribution in [0, 0.1) is 5.92 Å². The van der Waals surface area contributed by atoms with Crippen molar-refractivity contribution in [3.63, 3.8) is 0 Å². The van der Waals surface area contributed by atoms with Gasteiger partial charge in [-0.2, -0.15) is 0 Å². The van der Waals surface area contributed by atoms with Crippen LogP contribution in [0.5, 0.6) is 0 Å². The van der Waals surface area contributed by atoms with Crippen molar-refractivity contribution >= 4 is 0 Å². The third-order valence-corrected chi connectivity index (χ3v) is 2.71. The topological polar surface area (TPSA) is 32.3 Å². The Hall–Kier alpha value is -0.0800. The molecule has 0 bridgehead atoms. The molecule has 0 saturated carbocycles. The van der Waals surface area contributed by atoms with E-state index in [0.717, 1.165) is 6.42 Å². The molecule has 0 aromatic carbocycles. The largest absolute Gasteiger partial charge is 0.395 e. The van der Waals surface area contributed by atoms with E-state index in [9.17, 15) is 0 Å². The molecule has 0 aliphatic rings. The summed E-state index contributed by atoms with van der Waals surface area (Å²) in [5, 5.41) is 12.4. The fourth-order valence-corrected chi connectivity index (χ4v) is 1.19. The SMILES string of the molecule is CC[C@@H](CO)N[C@H](C)[C@H](C)CC. The lowest BCUT2D eigenvalue weighted by atomic mass is 10.00. The minimum absolute atomic E-state index is 0.247. The van der Waals surface area contributed by atoms with E-state index in [4.69, 9.17) is 5.11 Å². The molecule has 2 heteroatoms. The average Bonchev–Trinajstić information content (AvgIpc) is 2.12. The summed E-state index contributed by atoms with van der Waals surface area (Å²) < 4.78 is 0. The molecule has 0 fully saturated rings. The molecular weight excluding hydrogens is 150 g/mol. The highest BCUT2D eigenvalue weighted by molar-refractivity contribution is 4.72. The van der Waals surface area contributed by atoms with Crippen LogP contribution >= 0.6 is 0 Å².